The zero-order chi connectivity index (χ0) is 28.0. The highest BCUT2D eigenvalue weighted by molar-refractivity contribution is 7.89. The molecule has 0 aliphatic carbocycles. The van der Waals surface area contributed by atoms with Crippen molar-refractivity contribution in [1.29, 1.82) is 0 Å². The molecule has 2 N–H and O–H groups in total. The van der Waals surface area contributed by atoms with Crippen molar-refractivity contribution >= 4 is 22.0 Å². The van der Waals surface area contributed by atoms with Gasteiger partial charge in [-0.15, -0.1) is 0 Å². The van der Waals surface area contributed by atoms with Gasteiger partial charge >= 0.3 is 6.09 Å². The zero-order valence-electron chi connectivity index (χ0n) is 22.7. The van der Waals surface area contributed by atoms with Gasteiger partial charge in [0.05, 0.1) is 6.20 Å². The fraction of sp³-hybridized carbons (Fsp3) is 0.654. The van der Waals surface area contributed by atoms with Crippen molar-refractivity contribution in [1.82, 2.24) is 19.9 Å². The molecule has 3 rings (SSSR count). The molecule has 2 amide bonds. The van der Waals surface area contributed by atoms with Crippen LogP contribution in [0.3, 0.4) is 0 Å². The SMILES string of the molecule is C=C(CNC(=O)OC(C)(C)C)COc1ccc(S(=O)(=O)N2CCC(C)(C(=O)NC3CCOCC3)CC2)cn1. The minimum Gasteiger partial charge on any atom is -0.473 e. The summed E-state index contributed by atoms with van der Waals surface area (Å²) in [5.41, 5.74) is -0.617. The number of nitrogens with zero attached hydrogens (tertiary/aromatic N) is 2. The second-order valence-corrected chi connectivity index (χ2v) is 13.0. The Morgan fingerprint density at radius 1 is 1.21 bits per heavy atom. The molecular formula is C26H40N4O7S. The number of amides is 2. The van der Waals surface area contributed by atoms with E-state index in [9.17, 15) is 18.0 Å². The lowest BCUT2D eigenvalue weighted by Gasteiger charge is -2.38. The molecule has 12 heteroatoms. The standard InChI is InChI=1S/C26H40N4O7S/c1-19(16-28-24(32)37-25(2,3)4)18-36-22-7-6-21(17-27-22)38(33,34)30-12-10-26(5,11-13-30)23(31)29-20-8-14-35-15-9-20/h6-7,17,20H,1,8-16,18H2,2-5H3,(H,28,32)(H,29,31). The van der Waals surface area contributed by atoms with Crippen LogP contribution in [0.4, 0.5) is 4.79 Å². The lowest BCUT2D eigenvalue weighted by Crippen LogP contribution is -2.51. The highest BCUT2D eigenvalue weighted by Crippen LogP contribution is 2.34. The quantitative estimate of drug-likeness (QED) is 0.446. The molecule has 1 aromatic heterocycles. The van der Waals surface area contributed by atoms with Crippen molar-refractivity contribution in [3.63, 3.8) is 0 Å². The molecule has 3 heterocycles. The van der Waals surface area contributed by atoms with Crippen LogP contribution in [0.1, 0.15) is 53.4 Å². The fourth-order valence-electron chi connectivity index (χ4n) is 4.14. The number of ether oxygens (including phenoxy) is 3. The average molecular weight is 553 g/mol. The zero-order valence-corrected chi connectivity index (χ0v) is 23.6. The maximum absolute atomic E-state index is 13.2. The van der Waals surface area contributed by atoms with E-state index >= 15 is 0 Å². The Hall–Kier alpha value is -2.70. The Morgan fingerprint density at radius 3 is 2.45 bits per heavy atom. The monoisotopic (exact) mass is 552 g/mol. The van der Waals surface area contributed by atoms with Crippen LogP contribution in [0, 0.1) is 5.41 Å². The molecule has 2 aliphatic heterocycles. The molecule has 0 bridgehead atoms. The first-order valence-electron chi connectivity index (χ1n) is 12.9. The lowest BCUT2D eigenvalue weighted by atomic mass is 9.80. The summed E-state index contributed by atoms with van der Waals surface area (Å²) in [6.45, 7) is 13.1. The molecule has 0 spiro atoms. The third kappa shape index (κ3) is 8.40. The molecule has 1 aromatic rings. The van der Waals surface area contributed by atoms with Gasteiger partial charge in [-0.1, -0.05) is 13.5 Å². The third-order valence-electron chi connectivity index (χ3n) is 6.58. The fourth-order valence-corrected chi connectivity index (χ4v) is 5.53. The summed E-state index contributed by atoms with van der Waals surface area (Å²) >= 11 is 0. The number of carbonyl (C=O) groups is 2. The van der Waals surface area contributed by atoms with Crippen LogP contribution in [-0.4, -0.2) is 80.8 Å². The molecular weight excluding hydrogens is 512 g/mol. The second-order valence-electron chi connectivity index (χ2n) is 11.1. The third-order valence-corrected chi connectivity index (χ3v) is 8.47. The van der Waals surface area contributed by atoms with Crippen LogP contribution in [0.5, 0.6) is 5.88 Å². The topological polar surface area (TPSA) is 136 Å². The highest BCUT2D eigenvalue weighted by atomic mass is 32.2. The average Bonchev–Trinajstić information content (AvgIpc) is 2.86. The number of pyridine rings is 1. The maximum Gasteiger partial charge on any atom is 0.407 e. The summed E-state index contributed by atoms with van der Waals surface area (Å²) in [6, 6.07) is 3.04. The first-order chi connectivity index (χ1) is 17.8. The largest absolute Gasteiger partial charge is 0.473 e. The Morgan fingerprint density at radius 2 is 1.87 bits per heavy atom. The number of piperidine rings is 1. The molecule has 0 unspecified atom stereocenters. The summed E-state index contributed by atoms with van der Waals surface area (Å²) in [7, 11) is -3.76. The number of hydrogen-bond donors (Lipinski definition) is 2. The van der Waals surface area contributed by atoms with Crippen molar-refractivity contribution in [2.75, 3.05) is 39.5 Å². The predicted octanol–water partition coefficient (Wildman–Crippen LogP) is 2.63. The Kier molecular flexibility index (Phi) is 9.77. The number of hydrogen-bond acceptors (Lipinski definition) is 8. The van der Waals surface area contributed by atoms with Gasteiger partial charge in [-0.25, -0.2) is 18.2 Å². The molecule has 38 heavy (non-hydrogen) atoms. The number of carbonyl (C=O) groups excluding carboxylic acids is 2. The van der Waals surface area contributed by atoms with Crippen molar-refractivity contribution < 1.29 is 32.2 Å². The maximum atomic E-state index is 13.2. The van der Waals surface area contributed by atoms with E-state index in [2.05, 4.69) is 22.2 Å². The van der Waals surface area contributed by atoms with E-state index in [-0.39, 0.29) is 49.0 Å². The normalized spacial score (nSPS) is 18.8. The van der Waals surface area contributed by atoms with Gasteiger partial charge in [-0.2, -0.15) is 4.31 Å². The van der Waals surface area contributed by atoms with Crippen molar-refractivity contribution in [3.8, 4) is 5.88 Å². The molecule has 11 nitrogen and oxygen atoms in total. The second kappa shape index (κ2) is 12.4. The van der Waals surface area contributed by atoms with E-state index < -0.39 is 27.1 Å². The molecule has 0 atom stereocenters. The summed E-state index contributed by atoms with van der Waals surface area (Å²) in [6.07, 6.45) is 3.19. The number of nitrogens with one attached hydrogen (secondary N) is 2. The highest BCUT2D eigenvalue weighted by Gasteiger charge is 2.41. The van der Waals surface area contributed by atoms with Gasteiger partial charge < -0.3 is 24.8 Å². The predicted molar refractivity (Wildman–Crippen MR) is 141 cm³/mol. The van der Waals surface area contributed by atoms with E-state index in [0.717, 1.165) is 12.8 Å². The number of sulfonamides is 1. The van der Waals surface area contributed by atoms with Crippen molar-refractivity contribution in [2.24, 2.45) is 5.41 Å². The minimum atomic E-state index is -3.76. The summed E-state index contributed by atoms with van der Waals surface area (Å²) in [4.78, 5) is 28.8. The van der Waals surface area contributed by atoms with Crippen LogP contribution < -0.4 is 15.4 Å². The molecule has 0 saturated carbocycles. The minimum absolute atomic E-state index is 0.0208. The molecule has 212 valence electrons. The summed E-state index contributed by atoms with van der Waals surface area (Å²) in [5, 5.41) is 5.72. The molecule has 0 aromatic carbocycles. The first-order valence-corrected chi connectivity index (χ1v) is 14.3. The van der Waals surface area contributed by atoms with Crippen molar-refractivity contribution in [2.45, 2.75) is 69.9 Å². The van der Waals surface area contributed by atoms with Crippen LogP contribution in [0.15, 0.2) is 35.4 Å². The summed E-state index contributed by atoms with van der Waals surface area (Å²) < 4.78 is 43.8. The molecule has 2 saturated heterocycles. The van der Waals surface area contributed by atoms with E-state index in [1.807, 2.05) is 6.92 Å². The lowest BCUT2D eigenvalue weighted by molar-refractivity contribution is -0.133. The van der Waals surface area contributed by atoms with Gasteiger partial charge in [0.15, 0.2) is 0 Å². The van der Waals surface area contributed by atoms with Crippen molar-refractivity contribution in [3.05, 3.63) is 30.5 Å². The van der Waals surface area contributed by atoms with Gasteiger partial charge in [-0.05, 0) is 58.1 Å². The Balaban J connectivity index is 1.47. The number of alkyl carbamates (subject to hydrolysis) is 1. The Labute approximate surface area is 225 Å². The molecule has 2 fully saturated rings. The molecule has 0 radical (unpaired) electrons. The van der Waals surface area contributed by atoms with E-state index in [1.54, 1.807) is 20.8 Å². The van der Waals surface area contributed by atoms with Gasteiger partial charge in [0, 0.05) is 50.4 Å². The van der Waals surface area contributed by atoms with E-state index in [4.69, 9.17) is 14.2 Å². The van der Waals surface area contributed by atoms with Gasteiger partial charge in [-0.3, -0.25) is 4.79 Å². The van der Waals surface area contributed by atoms with Crippen LogP contribution >= 0.6 is 0 Å². The first kappa shape index (κ1) is 29.9. The number of aromatic nitrogens is 1. The summed E-state index contributed by atoms with van der Waals surface area (Å²) in [5.74, 6) is 0.214. The van der Waals surface area contributed by atoms with E-state index in [1.165, 1.54) is 22.6 Å². The van der Waals surface area contributed by atoms with E-state index in [0.29, 0.717) is 31.6 Å². The van der Waals surface area contributed by atoms with Gasteiger partial charge in [0.2, 0.25) is 21.8 Å². The van der Waals surface area contributed by atoms with Crippen LogP contribution in [0.2, 0.25) is 0 Å². The smallest absolute Gasteiger partial charge is 0.407 e. The Bertz CT molecular complexity index is 1090. The number of rotatable bonds is 9. The van der Waals surface area contributed by atoms with Crippen LogP contribution in [-0.2, 0) is 24.3 Å². The van der Waals surface area contributed by atoms with Gasteiger partial charge in [0.1, 0.15) is 17.1 Å². The molecule has 2 aliphatic rings. The van der Waals surface area contributed by atoms with Gasteiger partial charge in [0.25, 0.3) is 0 Å². The van der Waals surface area contributed by atoms with Crippen LogP contribution in [0.25, 0.3) is 0 Å².